The minimum atomic E-state index is -0.0729. The summed E-state index contributed by atoms with van der Waals surface area (Å²) in [5.74, 6) is 2.00. The summed E-state index contributed by atoms with van der Waals surface area (Å²) in [4.78, 5) is 16.7. The third-order valence-corrected chi connectivity index (χ3v) is 6.23. The normalized spacial score (nSPS) is 11.0. The molecular formula is C24H26N6OS. The number of thioether (sulfide) groups is 1. The first kappa shape index (κ1) is 21.8. The van der Waals surface area contributed by atoms with Gasteiger partial charge in [0.2, 0.25) is 5.91 Å². The predicted molar refractivity (Wildman–Crippen MR) is 128 cm³/mol. The van der Waals surface area contributed by atoms with Crippen LogP contribution < -0.4 is 5.32 Å². The Morgan fingerprint density at radius 3 is 2.53 bits per heavy atom. The van der Waals surface area contributed by atoms with Gasteiger partial charge in [0.05, 0.1) is 5.75 Å². The van der Waals surface area contributed by atoms with Gasteiger partial charge >= 0.3 is 0 Å². The number of carbonyl (C=O) groups is 1. The lowest BCUT2D eigenvalue weighted by Crippen LogP contribution is -2.14. The van der Waals surface area contributed by atoms with E-state index in [-0.39, 0.29) is 11.7 Å². The van der Waals surface area contributed by atoms with E-state index in [4.69, 9.17) is 0 Å². The Hall–Kier alpha value is -3.39. The number of benzene rings is 2. The first-order valence-electron chi connectivity index (χ1n) is 10.5. The Kier molecular flexibility index (Phi) is 6.70. The average Bonchev–Trinajstić information content (AvgIpc) is 3.39. The van der Waals surface area contributed by atoms with Crippen LogP contribution in [0.4, 0.5) is 5.69 Å². The molecule has 0 radical (unpaired) electrons. The number of rotatable bonds is 8. The summed E-state index contributed by atoms with van der Waals surface area (Å²) in [6, 6.07) is 16.0. The third-order valence-electron chi connectivity index (χ3n) is 5.27. The molecule has 2 heterocycles. The number of hydrogen-bond donors (Lipinski definition) is 1. The van der Waals surface area contributed by atoms with Crippen molar-refractivity contribution in [3.63, 3.8) is 0 Å². The maximum absolute atomic E-state index is 12.5. The Bertz CT molecular complexity index is 1210. The van der Waals surface area contributed by atoms with Crippen molar-refractivity contribution >= 4 is 23.4 Å². The molecule has 8 heteroatoms. The summed E-state index contributed by atoms with van der Waals surface area (Å²) in [6.07, 6.45) is 3.76. The SMILES string of the molecule is CCn1c(SCC(=O)Nc2ccc(Cn3ccnc3C)cc2)nnc1-c1ccccc1C. The number of amides is 1. The maximum atomic E-state index is 12.5. The van der Waals surface area contributed by atoms with Crippen LogP contribution in [0.15, 0.2) is 66.1 Å². The molecule has 0 aliphatic rings. The van der Waals surface area contributed by atoms with Crippen LogP contribution in [0.5, 0.6) is 0 Å². The molecule has 1 amide bonds. The van der Waals surface area contributed by atoms with Gasteiger partial charge in [-0.3, -0.25) is 4.79 Å². The van der Waals surface area contributed by atoms with E-state index >= 15 is 0 Å². The zero-order valence-electron chi connectivity index (χ0n) is 18.4. The third kappa shape index (κ3) is 4.91. The molecule has 2 aromatic heterocycles. The highest BCUT2D eigenvalue weighted by Crippen LogP contribution is 2.26. The van der Waals surface area contributed by atoms with E-state index < -0.39 is 0 Å². The van der Waals surface area contributed by atoms with Gasteiger partial charge in [-0.2, -0.15) is 0 Å². The van der Waals surface area contributed by atoms with Gasteiger partial charge in [0.15, 0.2) is 11.0 Å². The monoisotopic (exact) mass is 446 g/mol. The fourth-order valence-corrected chi connectivity index (χ4v) is 4.29. The highest BCUT2D eigenvalue weighted by atomic mass is 32.2. The number of hydrogen-bond acceptors (Lipinski definition) is 5. The second-order valence-corrected chi connectivity index (χ2v) is 8.44. The van der Waals surface area contributed by atoms with Crippen molar-refractivity contribution < 1.29 is 4.79 Å². The molecule has 164 valence electrons. The van der Waals surface area contributed by atoms with Crippen LogP contribution in [0, 0.1) is 13.8 Å². The van der Waals surface area contributed by atoms with Crippen molar-refractivity contribution in [3.05, 3.63) is 77.9 Å². The van der Waals surface area contributed by atoms with Gasteiger partial charge in [-0.25, -0.2) is 4.98 Å². The van der Waals surface area contributed by atoms with E-state index in [0.717, 1.165) is 52.3 Å². The fraction of sp³-hybridized carbons (Fsp3) is 0.250. The molecule has 4 rings (SSSR count). The molecule has 0 saturated heterocycles. The highest BCUT2D eigenvalue weighted by Gasteiger charge is 2.16. The fourth-order valence-electron chi connectivity index (χ4n) is 3.49. The maximum Gasteiger partial charge on any atom is 0.234 e. The van der Waals surface area contributed by atoms with Crippen molar-refractivity contribution in [3.8, 4) is 11.4 Å². The Balaban J connectivity index is 1.36. The molecule has 0 aliphatic heterocycles. The number of carbonyl (C=O) groups excluding carboxylic acids is 1. The van der Waals surface area contributed by atoms with E-state index in [2.05, 4.69) is 45.0 Å². The van der Waals surface area contributed by atoms with Gasteiger partial charge in [-0.1, -0.05) is 48.2 Å². The smallest absolute Gasteiger partial charge is 0.234 e. The van der Waals surface area contributed by atoms with E-state index in [9.17, 15) is 4.79 Å². The van der Waals surface area contributed by atoms with Gasteiger partial charge in [-0.15, -0.1) is 10.2 Å². The second-order valence-electron chi connectivity index (χ2n) is 7.50. The molecule has 7 nitrogen and oxygen atoms in total. The Labute approximate surface area is 191 Å². The lowest BCUT2D eigenvalue weighted by atomic mass is 10.1. The summed E-state index contributed by atoms with van der Waals surface area (Å²) in [5.41, 5.74) is 4.14. The van der Waals surface area contributed by atoms with Crippen LogP contribution in [0.3, 0.4) is 0 Å². The summed E-state index contributed by atoms with van der Waals surface area (Å²) < 4.78 is 4.13. The van der Waals surface area contributed by atoms with Crippen molar-refractivity contribution in [2.45, 2.75) is 39.0 Å². The van der Waals surface area contributed by atoms with Gasteiger partial charge < -0.3 is 14.5 Å². The molecule has 0 unspecified atom stereocenters. The largest absolute Gasteiger partial charge is 0.331 e. The number of nitrogens with one attached hydrogen (secondary N) is 1. The predicted octanol–water partition coefficient (Wildman–Crippen LogP) is 4.56. The van der Waals surface area contributed by atoms with Crippen LogP contribution in [-0.2, 0) is 17.9 Å². The standard InChI is InChI=1S/C24H26N6OS/c1-4-30-23(21-8-6-5-7-17(21)2)27-28-24(30)32-16-22(31)26-20-11-9-19(10-12-20)15-29-14-13-25-18(29)3/h5-14H,4,15-16H2,1-3H3,(H,26,31). The molecule has 0 spiro atoms. The zero-order valence-corrected chi connectivity index (χ0v) is 19.3. The molecule has 1 N–H and O–H groups in total. The molecular weight excluding hydrogens is 420 g/mol. The van der Waals surface area contributed by atoms with Gasteiger partial charge in [0.25, 0.3) is 0 Å². The lowest BCUT2D eigenvalue weighted by Gasteiger charge is -2.10. The first-order chi connectivity index (χ1) is 15.5. The number of anilines is 1. The molecule has 0 atom stereocenters. The van der Waals surface area contributed by atoms with Crippen molar-refractivity contribution in [2.75, 3.05) is 11.1 Å². The average molecular weight is 447 g/mol. The van der Waals surface area contributed by atoms with E-state index in [0.29, 0.717) is 0 Å². The minimum absolute atomic E-state index is 0.0729. The molecule has 0 saturated carbocycles. The number of nitrogens with zero attached hydrogens (tertiary/aromatic N) is 5. The molecule has 0 aliphatic carbocycles. The van der Waals surface area contributed by atoms with Crippen LogP contribution in [0.1, 0.15) is 23.9 Å². The van der Waals surface area contributed by atoms with Crippen molar-refractivity contribution in [1.29, 1.82) is 0 Å². The van der Waals surface area contributed by atoms with E-state index in [1.165, 1.54) is 11.8 Å². The Morgan fingerprint density at radius 2 is 1.84 bits per heavy atom. The van der Waals surface area contributed by atoms with Crippen molar-refractivity contribution in [2.24, 2.45) is 0 Å². The topological polar surface area (TPSA) is 77.6 Å². The molecule has 4 aromatic rings. The lowest BCUT2D eigenvalue weighted by molar-refractivity contribution is -0.113. The van der Waals surface area contributed by atoms with Crippen LogP contribution >= 0.6 is 11.8 Å². The summed E-state index contributed by atoms with van der Waals surface area (Å²) in [6.45, 7) is 7.59. The van der Waals surface area contributed by atoms with E-state index in [1.807, 2.05) is 60.2 Å². The number of imidazole rings is 1. The summed E-state index contributed by atoms with van der Waals surface area (Å²) in [7, 11) is 0. The van der Waals surface area contributed by atoms with Crippen LogP contribution in [-0.4, -0.2) is 36.0 Å². The second kappa shape index (κ2) is 9.82. The van der Waals surface area contributed by atoms with Crippen molar-refractivity contribution in [1.82, 2.24) is 24.3 Å². The molecule has 2 aromatic carbocycles. The number of aryl methyl sites for hydroxylation is 2. The quantitative estimate of drug-likeness (QED) is 0.402. The molecule has 0 fully saturated rings. The van der Waals surface area contributed by atoms with Gasteiger partial charge in [0.1, 0.15) is 5.82 Å². The zero-order chi connectivity index (χ0) is 22.5. The first-order valence-corrected chi connectivity index (χ1v) is 11.5. The van der Waals surface area contributed by atoms with E-state index in [1.54, 1.807) is 6.20 Å². The minimum Gasteiger partial charge on any atom is -0.331 e. The summed E-state index contributed by atoms with van der Waals surface area (Å²) >= 11 is 1.39. The van der Waals surface area contributed by atoms with Crippen LogP contribution in [0.25, 0.3) is 11.4 Å². The molecule has 32 heavy (non-hydrogen) atoms. The number of aromatic nitrogens is 5. The van der Waals surface area contributed by atoms with Crippen LogP contribution in [0.2, 0.25) is 0 Å². The molecule has 0 bridgehead atoms. The highest BCUT2D eigenvalue weighted by molar-refractivity contribution is 7.99. The Morgan fingerprint density at radius 1 is 1.06 bits per heavy atom. The van der Waals surface area contributed by atoms with Gasteiger partial charge in [0, 0.05) is 36.7 Å². The van der Waals surface area contributed by atoms with Gasteiger partial charge in [-0.05, 0) is 44.0 Å². The summed E-state index contributed by atoms with van der Waals surface area (Å²) in [5, 5.41) is 12.4.